The van der Waals surface area contributed by atoms with Crippen molar-refractivity contribution >= 4 is 11.8 Å². The number of carbonyl (C=O) groups is 2. The molecule has 1 saturated heterocycles. The predicted molar refractivity (Wildman–Crippen MR) is 57.8 cm³/mol. The molecular formula is C11H18N2O2. The highest BCUT2D eigenvalue weighted by Crippen LogP contribution is 2.24. The molecule has 0 radical (unpaired) electrons. The van der Waals surface area contributed by atoms with Gasteiger partial charge in [-0.05, 0) is 19.3 Å². The van der Waals surface area contributed by atoms with Gasteiger partial charge in [0.25, 0.3) is 0 Å². The molecule has 3 atom stereocenters. The predicted octanol–water partition coefficient (Wildman–Crippen LogP) is 0.579. The summed E-state index contributed by atoms with van der Waals surface area (Å²) < 4.78 is 0. The molecule has 4 heteroatoms. The van der Waals surface area contributed by atoms with Gasteiger partial charge >= 0.3 is 0 Å². The minimum Gasteiger partial charge on any atom is -0.369 e. The first-order valence-electron chi connectivity index (χ1n) is 5.25. The van der Waals surface area contributed by atoms with E-state index >= 15 is 0 Å². The standard InChI is InChI=1S/C11H18N2O2/c1-3-4-9-6-8(11(15)13-9)5-7(2)10(12)14/h3,7-9H,1,4-6H2,2H3,(H2,12,14)(H,13,15)/t7-,8+,9+/m0/s1. The first-order valence-corrected chi connectivity index (χ1v) is 5.25. The van der Waals surface area contributed by atoms with E-state index in [1.54, 1.807) is 13.0 Å². The van der Waals surface area contributed by atoms with Gasteiger partial charge in [-0.2, -0.15) is 0 Å². The highest BCUT2D eigenvalue weighted by atomic mass is 16.2. The molecule has 1 aliphatic rings. The monoisotopic (exact) mass is 210 g/mol. The van der Waals surface area contributed by atoms with Gasteiger partial charge in [-0.15, -0.1) is 6.58 Å². The molecule has 15 heavy (non-hydrogen) atoms. The molecule has 3 N–H and O–H groups in total. The van der Waals surface area contributed by atoms with E-state index in [2.05, 4.69) is 11.9 Å². The van der Waals surface area contributed by atoms with Crippen molar-refractivity contribution in [1.29, 1.82) is 0 Å². The number of hydrogen-bond acceptors (Lipinski definition) is 2. The molecule has 0 aliphatic carbocycles. The molecule has 84 valence electrons. The Morgan fingerprint density at radius 1 is 1.80 bits per heavy atom. The van der Waals surface area contributed by atoms with Crippen LogP contribution in [0.15, 0.2) is 12.7 Å². The number of rotatable bonds is 5. The van der Waals surface area contributed by atoms with Crippen LogP contribution in [-0.4, -0.2) is 17.9 Å². The van der Waals surface area contributed by atoms with Gasteiger partial charge in [0.05, 0.1) is 0 Å². The van der Waals surface area contributed by atoms with E-state index in [1.807, 2.05) is 0 Å². The van der Waals surface area contributed by atoms with Crippen LogP contribution in [0.2, 0.25) is 0 Å². The van der Waals surface area contributed by atoms with E-state index in [0.717, 1.165) is 12.8 Å². The molecule has 0 aromatic heterocycles. The van der Waals surface area contributed by atoms with Gasteiger partial charge in [0, 0.05) is 17.9 Å². The lowest BCUT2D eigenvalue weighted by Crippen LogP contribution is -2.28. The molecule has 0 unspecified atom stereocenters. The minimum absolute atomic E-state index is 0.0370. The SMILES string of the molecule is C=CC[C@@H]1C[C@@H](C[C@H](C)C(N)=O)C(=O)N1. The maximum atomic E-state index is 11.5. The Morgan fingerprint density at radius 2 is 2.47 bits per heavy atom. The summed E-state index contributed by atoms with van der Waals surface area (Å²) in [6.07, 6.45) is 3.91. The average Bonchev–Trinajstić information content (AvgIpc) is 2.47. The number of nitrogens with two attached hydrogens (primary N) is 1. The van der Waals surface area contributed by atoms with Crippen molar-refractivity contribution in [1.82, 2.24) is 5.32 Å². The van der Waals surface area contributed by atoms with Crippen molar-refractivity contribution in [3.8, 4) is 0 Å². The van der Waals surface area contributed by atoms with Crippen LogP contribution in [0.4, 0.5) is 0 Å². The van der Waals surface area contributed by atoms with Crippen LogP contribution < -0.4 is 11.1 Å². The number of nitrogens with one attached hydrogen (secondary N) is 1. The Hall–Kier alpha value is -1.32. The molecule has 1 heterocycles. The third-order valence-electron chi connectivity index (χ3n) is 2.86. The first-order chi connectivity index (χ1) is 7.04. The summed E-state index contributed by atoms with van der Waals surface area (Å²) in [5.74, 6) is -0.606. The quantitative estimate of drug-likeness (QED) is 0.651. The topological polar surface area (TPSA) is 72.2 Å². The average molecular weight is 210 g/mol. The Morgan fingerprint density at radius 3 is 3.00 bits per heavy atom. The Kier molecular flexibility index (Phi) is 3.88. The van der Waals surface area contributed by atoms with Gasteiger partial charge in [-0.3, -0.25) is 9.59 Å². The molecule has 4 nitrogen and oxygen atoms in total. The van der Waals surface area contributed by atoms with E-state index in [-0.39, 0.29) is 29.7 Å². The van der Waals surface area contributed by atoms with Gasteiger partial charge in [0.15, 0.2) is 0 Å². The molecule has 1 fully saturated rings. The molecular weight excluding hydrogens is 192 g/mol. The van der Waals surface area contributed by atoms with E-state index in [1.165, 1.54) is 0 Å². The van der Waals surface area contributed by atoms with Crippen LogP contribution in [-0.2, 0) is 9.59 Å². The van der Waals surface area contributed by atoms with Gasteiger partial charge < -0.3 is 11.1 Å². The third kappa shape index (κ3) is 3.08. The summed E-state index contributed by atoms with van der Waals surface area (Å²) in [5, 5.41) is 2.89. The molecule has 0 saturated carbocycles. The molecule has 2 amide bonds. The fourth-order valence-electron chi connectivity index (χ4n) is 1.93. The maximum absolute atomic E-state index is 11.5. The van der Waals surface area contributed by atoms with Crippen LogP contribution in [0.25, 0.3) is 0 Å². The summed E-state index contributed by atoms with van der Waals surface area (Å²) >= 11 is 0. The van der Waals surface area contributed by atoms with Crippen molar-refractivity contribution in [2.75, 3.05) is 0 Å². The summed E-state index contributed by atoms with van der Waals surface area (Å²) in [4.78, 5) is 22.4. The highest BCUT2D eigenvalue weighted by Gasteiger charge is 2.32. The first kappa shape index (κ1) is 11.8. The molecule has 0 bridgehead atoms. The van der Waals surface area contributed by atoms with Crippen LogP contribution in [0.1, 0.15) is 26.2 Å². The highest BCUT2D eigenvalue weighted by molar-refractivity contribution is 5.82. The summed E-state index contributed by atoms with van der Waals surface area (Å²) in [7, 11) is 0. The lowest BCUT2D eigenvalue weighted by Gasteiger charge is -2.10. The van der Waals surface area contributed by atoms with Gasteiger partial charge in [0.1, 0.15) is 0 Å². The zero-order valence-corrected chi connectivity index (χ0v) is 9.03. The minimum atomic E-state index is -0.338. The van der Waals surface area contributed by atoms with E-state index < -0.39 is 0 Å². The van der Waals surface area contributed by atoms with Gasteiger partial charge in [-0.25, -0.2) is 0 Å². The van der Waals surface area contributed by atoms with Crippen LogP contribution in [0.5, 0.6) is 0 Å². The fraction of sp³-hybridized carbons (Fsp3) is 0.636. The second kappa shape index (κ2) is 4.96. The Labute approximate surface area is 89.9 Å². The smallest absolute Gasteiger partial charge is 0.223 e. The van der Waals surface area contributed by atoms with Crippen molar-refractivity contribution in [2.45, 2.75) is 32.2 Å². The second-order valence-corrected chi connectivity index (χ2v) is 4.20. The maximum Gasteiger partial charge on any atom is 0.223 e. The largest absolute Gasteiger partial charge is 0.369 e. The van der Waals surface area contributed by atoms with Crippen LogP contribution in [0.3, 0.4) is 0 Å². The van der Waals surface area contributed by atoms with Crippen LogP contribution in [0, 0.1) is 11.8 Å². The van der Waals surface area contributed by atoms with Crippen molar-refractivity contribution < 1.29 is 9.59 Å². The summed E-state index contributed by atoms with van der Waals surface area (Å²) in [6, 6.07) is 0.181. The van der Waals surface area contributed by atoms with E-state index in [4.69, 9.17) is 5.73 Å². The molecule has 0 aromatic carbocycles. The Balaban J connectivity index is 2.47. The number of hydrogen-bond donors (Lipinski definition) is 2. The zero-order chi connectivity index (χ0) is 11.4. The lowest BCUT2D eigenvalue weighted by atomic mass is 9.92. The Bertz CT molecular complexity index is 276. The number of carbonyl (C=O) groups excluding carboxylic acids is 2. The normalized spacial score (nSPS) is 27.1. The van der Waals surface area contributed by atoms with Crippen molar-refractivity contribution in [3.63, 3.8) is 0 Å². The molecule has 1 rings (SSSR count). The molecule has 1 aliphatic heterocycles. The zero-order valence-electron chi connectivity index (χ0n) is 9.03. The third-order valence-corrected chi connectivity index (χ3v) is 2.86. The summed E-state index contributed by atoms with van der Waals surface area (Å²) in [6.45, 7) is 5.40. The van der Waals surface area contributed by atoms with Gasteiger partial charge in [0.2, 0.25) is 11.8 Å². The fourth-order valence-corrected chi connectivity index (χ4v) is 1.93. The van der Waals surface area contributed by atoms with E-state index in [0.29, 0.717) is 6.42 Å². The van der Waals surface area contributed by atoms with Crippen molar-refractivity contribution in [3.05, 3.63) is 12.7 Å². The van der Waals surface area contributed by atoms with Crippen LogP contribution >= 0.6 is 0 Å². The van der Waals surface area contributed by atoms with Gasteiger partial charge in [-0.1, -0.05) is 13.0 Å². The number of amides is 2. The van der Waals surface area contributed by atoms with Crippen molar-refractivity contribution in [2.24, 2.45) is 17.6 Å². The summed E-state index contributed by atoms with van der Waals surface area (Å²) in [5.41, 5.74) is 5.17. The molecule has 0 spiro atoms. The second-order valence-electron chi connectivity index (χ2n) is 4.20. The van der Waals surface area contributed by atoms with E-state index in [9.17, 15) is 9.59 Å². The molecule has 0 aromatic rings. The number of primary amides is 1. The lowest BCUT2D eigenvalue weighted by molar-refractivity contribution is -0.124.